The zero-order chi connectivity index (χ0) is 52.8. The minimum atomic E-state index is -0.833. The standard InChI is InChI=1S/C8H18N2.C7H16N2.C7H13NO.C6H11NO.C5H11NO.C4H9NO.2C2H5Cl.2C2H4O2.2CH5N/c1-3-10-6-4-5-8(7-10)9-2;1-3-9-5-4-7(6-9)8-2;1-2-8-5-3-4-7(9)6-8;1-2-7-4-3-6(8)5-7;7-5-2-1-3-6-4-5;6-4-1-2-5-3-4;2*1-2-3;2*1-2(3)4;2*1-2/h8-9H,3-7H2,1-2H3;7-8H,3-6H2,1-2H3;2-6H2,1H3;2-5H2,1H3;5-7H,1-4H2;4-6H,1-3H2;2*2H2,1H3;2*1H3,(H,3,4);2*2H2,1H3. The quantitative estimate of drug-likeness (QED) is 0.172. The Kier molecular flexibility index (Phi) is 69.4. The van der Waals surface area contributed by atoms with Crippen molar-refractivity contribution in [3.63, 3.8) is 0 Å². The van der Waals surface area contributed by atoms with Gasteiger partial charge in [0.2, 0.25) is 0 Å². The molecule has 4 unspecified atom stereocenters. The molecule has 0 aromatic carbocycles. The number of aliphatic hydroxyl groups is 2. The van der Waals surface area contributed by atoms with Crippen LogP contribution in [0.2, 0.25) is 0 Å². The zero-order valence-corrected chi connectivity index (χ0v) is 46.0. The van der Waals surface area contributed by atoms with E-state index in [4.69, 9.17) is 53.2 Å². The summed E-state index contributed by atoms with van der Waals surface area (Å²) < 4.78 is 0. The van der Waals surface area contributed by atoms with Crippen LogP contribution < -0.4 is 32.7 Å². The van der Waals surface area contributed by atoms with Crippen molar-refractivity contribution in [1.29, 1.82) is 0 Å². The number of carboxylic acid groups (broad SMARTS) is 2. The van der Waals surface area contributed by atoms with E-state index in [1.54, 1.807) is 0 Å². The zero-order valence-electron chi connectivity index (χ0n) is 44.5. The van der Waals surface area contributed by atoms with Gasteiger partial charge in [0.1, 0.15) is 11.6 Å². The van der Waals surface area contributed by atoms with E-state index in [1.165, 1.54) is 72.6 Å². The smallest absolute Gasteiger partial charge is 0.300 e. The Morgan fingerprint density at radius 1 is 0.582 bits per heavy atom. The molecular weight excluding hydrogens is 903 g/mol. The third kappa shape index (κ3) is 62.4. The summed E-state index contributed by atoms with van der Waals surface area (Å²) in [5.41, 5.74) is 9.00. The van der Waals surface area contributed by atoms with Gasteiger partial charge in [-0.15, -0.1) is 23.2 Å². The average Bonchev–Trinajstić information content (AvgIpc) is 4.12. The molecule has 0 bridgehead atoms. The van der Waals surface area contributed by atoms with Crippen LogP contribution in [-0.4, -0.2) is 232 Å². The Morgan fingerprint density at radius 3 is 1.21 bits per heavy atom. The lowest BCUT2D eigenvalue weighted by molar-refractivity contribution is -0.135. The van der Waals surface area contributed by atoms with Crippen LogP contribution in [0.1, 0.15) is 113 Å². The lowest BCUT2D eigenvalue weighted by Crippen LogP contribution is -2.44. The third-order valence-electron chi connectivity index (χ3n) is 10.1. The Hall–Kier alpha value is -1.62. The molecule has 6 saturated heterocycles. The minimum Gasteiger partial charge on any atom is -0.481 e. The highest BCUT2D eigenvalue weighted by molar-refractivity contribution is 6.17. The first kappa shape index (κ1) is 76.9. The van der Waals surface area contributed by atoms with Crippen LogP contribution >= 0.6 is 23.2 Å². The predicted octanol–water partition coefficient (Wildman–Crippen LogP) is 2.84. The van der Waals surface area contributed by atoms with Crippen molar-refractivity contribution in [3.8, 4) is 0 Å². The number of carbonyl (C=O) groups excluding carboxylic acids is 2. The number of Topliss-reactive ketones (excluding diaryl/α,β-unsaturated/α-hetero) is 2. The van der Waals surface area contributed by atoms with Crippen LogP contribution in [0.15, 0.2) is 0 Å². The van der Waals surface area contributed by atoms with Crippen LogP contribution in [-0.2, 0) is 19.2 Å². The molecule has 20 heteroatoms. The molecule has 6 aliphatic rings. The maximum Gasteiger partial charge on any atom is 0.300 e. The number of aliphatic hydroxyl groups excluding tert-OH is 2. The number of piperidine rings is 3. The Balaban J connectivity index is -0.000000156. The van der Waals surface area contributed by atoms with Crippen molar-refractivity contribution in [2.24, 2.45) is 11.5 Å². The van der Waals surface area contributed by atoms with Crippen molar-refractivity contribution in [1.82, 2.24) is 40.9 Å². The number of nitrogens with two attached hydrogens (primary N) is 2. The van der Waals surface area contributed by atoms with Crippen LogP contribution in [0.4, 0.5) is 0 Å². The molecule has 0 spiro atoms. The van der Waals surface area contributed by atoms with Gasteiger partial charge in [0.25, 0.3) is 11.9 Å². The van der Waals surface area contributed by atoms with Crippen LogP contribution in [0, 0.1) is 0 Å². The van der Waals surface area contributed by atoms with Gasteiger partial charge in [-0.25, -0.2) is 0 Å². The van der Waals surface area contributed by atoms with E-state index in [1.807, 2.05) is 20.9 Å². The van der Waals surface area contributed by atoms with Gasteiger partial charge in [0.05, 0.1) is 25.3 Å². The summed E-state index contributed by atoms with van der Waals surface area (Å²) in [5, 5.41) is 45.1. The molecular formula is C47H106Cl2N10O8. The van der Waals surface area contributed by atoms with E-state index in [2.05, 4.69) is 87.1 Å². The predicted molar refractivity (Wildman–Crippen MR) is 283 cm³/mol. The van der Waals surface area contributed by atoms with Gasteiger partial charge in [-0.2, -0.15) is 0 Å². The highest BCUT2D eigenvalue weighted by Gasteiger charge is 2.19. The third-order valence-corrected chi connectivity index (χ3v) is 10.1. The molecule has 18 nitrogen and oxygen atoms in total. The number of alkyl halides is 2. The Morgan fingerprint density at radius 2 is 0.955 bits per heavy atom. The number of aliphatic carboxylic acids is 2. The fourth-order valence-electron chi connectivity index (χ4n) is 6.54. The first-order valence-electron chi connectivity index (χ1n) is 24.7. The van der Waals surface area contributed by atoms with Gasteiger partial charge in [-0.05, 0) is 132 Å². The molecule has 0 saturated carbocycles. The SMILES string of the molecule is CC(=O)O.CC(=O)O.CCCl.CCCl.CCN1CCC(=O)C1.CCN1CCC(NC)C1.CCN1CCCC(=O)C1.CCN1CCCC(NC)C1.CN.CN.OC1CCCNC1.OC1CCNC1. The second-order valence-electron chi connectivity index (χ2n) is 15.6. The molecule has 6 aliphatic heterocycles. The summed E-state index contributed by atoms with van der Waals surface area (Å²) in [4.78, 5) is 48.7. The monoisotopic (exact) mass is 1010 g/mol. The number of rotatable bonds is 6. The maximum absolute atomic E-state index is 10.8. The number of nitrogens with one attached hydrogen (secondary N) is 4. The fourth-order valence-corrected chi connectivity index (χ4v) is 6.54. The van der Waals surface area contributed by atoms with Gasteiger partial charge in [-0.1, -0.05) is 41.5 Å². The van der Waals surface area contributed by atoms with Crippen molar-refractivity contribution >= 4 is 46.7 Å². The van der Waals surface area contributed by atoms with E-state index < -0.39 is 11.9 Å². The normalized spacial score (nSPS) is 21.9. The topological polar surface area (TPSA) is 262 Å². The Labute approximate surface area is 419 Å². The summed E-state index contributed by atoms with van der Waals surface area (Å²) in [5.74, 6) is 0.579. The lowest BCUT2D eigenvalue weighted by Gasteiger charge is -2.31. The van der Waals surface area contributed by atoms with E-state index in [0.717, 1.165) is 129 Å². The van der Waals surface area contributed by atoms with Crippen molar-refractivity contribution < 1.29 is 39.6 Å². The molecule has 6 fully saturated rings. The van der Waals surface area contributed by atoms with Gasteiger partial charge >= 0.3 is 0 Å². The first-order chi connectivity index (χ1) is 32.0. The number of halogens is 2. The molecule has 0 aromatic heterocycles. The molecule has 12 N–H and O–H groups in total. The second kappa shape index (κ2) is 60.5. The fraction of sp³-hybridized carbons (Fsp3) is 0.915. The van der Waals surface area contributed by atoms with E-state index in [-0.39, 0.29) is 12.2 Å². The summed E-state index contributed by atoms with van der Waals surface area (Å²) in [6.07, 6.45) is 9.57. The average molecular weight is 1010 g/mol. The second-order valence-corrected chi connectivity index (χ2v) is 16.6. The highest BCUT2D eigenvalue weighted by Crippen LogP contribution is 2.09. The number of nitrogens with zero attached hydrogens (tertiary/aromatic N) is 4. The molecule has 0 amide bonds. The lowest BCUT2D eigenvalue weighted by atomic mass is 10.1. The summed E-state index contributed by atoms with van der Waals surface area (Å²) in [6, 6.07) is 1.50. The molecule has 67 heavy (non-hydrogen) atoms. The van der Waals surface area contributed by atoms with Crippen LogP contribution in [0.25, 0.3) is 0 Å². The van der Waals surface area contributed by atoms with Crippen molar-refractivity contribution in [2.75, 3.05) is 145 Å². The van der Waals surface area contributed by atoms with Crippen molar-refractivity contribution in [3.05, 3.63) is 0 Å². The van der Waals surface area contributed by atoms with Crippen LogP contribution in [0.3, 0.4) is 0 Å². The van der Waals surface area contributed by atoms with Crippen molar-refractivity contribution in [2.45, 2.75) is 137 Å². The largest absolute Gasteiger partial charge is 0.481 e. The van der Waals surface area contributed by atoms with Gasteiger partial charge in [0.15, 0.2) is 0 Å². The minimum absolute atomic E-state index is 0.0648. The highest BCUT2D eigenvalue weighted by atomic mass is 35.5. The van der Waals surface area contributed by atoms with Gasteiger partial charge in [-0.3, -0.25) is 29.0 Å². The number of β-amino-alcohol motifs (C(OH)–C–C–N with tert-alkyl or cyclic N) is 2. The number of ketones is 2. The van der Waals surface area contributed by atoms with E-state index in [0.29, 0.717) is 24.7 Å². The molecule has 4 atom stereocenters. The summed E-state index contributed by atoms with van der Waals surface area (Å²) >= 11 is 10.00. The molecule has 6 heterocycles. The van der Waals surface area contributed by atoms with E-state index >= 15 is 0 Å². The summed E-state index contributed by atoms with van der Waals surface area (Å²) in [6.45, 7) is 31.2. The van der Waals surface area contributed by atoms with Gasteiger partial charge in [0, 0.05) is 83.3 Å². The Bertz CT molecular complexity index is 1010. The summed E-state index contributed by atoms with van der Waals surface area (Å²) in [7, 11) is 7.10. The number of likely N-dealkylation sites (tertiary alicyclic amines) is 4. The van der Waals surface area contributed by atoms with Crippen LogP contribution in [0.5, 0.6) is 0 Å². The number of likely N-dealkylation sites (N-methyl/N-ethyl adjacent to an activating group) is 6. The molecule has 0 aliphatic carbocycles. The first-order valence-corrected chi connectivity index (χ1v) is 25.7. The van der Waals surface area contributed by atoms with Gasteiger partial charge < -0.3 is 63.0 Å². The maximum atomic E-state index is 10.8. The number of carbonyl (C=O) groups is 4. The number of hydrogen-bond donors (Lipinski definition) is 10. The molecule has 406 valence electrons. The molecule has 6 rings (SSSR count). The van der Waals surface area contributed by atoms with E-state index in [9.17, 15) is 9.59 Å². The molecule has 0 radical (unpaired) electrons. The number of hydrogen-bond acceptors (Lipinski definition) is 16. The number of carboxylic acids is 2. The molecule has 0 aromatic rings.